The molecule has 1 saturated heterocycles. The highest BCUT2D eigenvalue weighted by Crippen LogP contribution is 2.24. The highest BCUT2D eigenvalue weighted by atomic mass is 16.5. The van der Waals surface area contributed by atoms with Crippen LogP contribution in [0.25, 0.3) is 0 Å². The summed E-state index contributed by atoms with van der Waals surface area (Å²) in [6.07, 6.45) is 9.14. The van der Waals surface area contributed by atoms with E-state index in [1.807, 2.05) is 0 Å². The van der Waals surface area contributed by atoms with Crippen molar-refractivity contribution in [3.8, 4) is 0 Å². The van der Waals surface area contributed by atoms with Crippen molar-refractivity contribution in [1.29, 1.82) is 0 Å². The minimum absolute atomic E-state index is 0.337. The first kappa shape index (κ1) is 17.9. The molecule has 1 aliphatic heterocycles. The van der Waals surface area contributed by atoms with Gasteiger partial charge in [-0.3, -0.25) is 0 Å². The molecule has 120 valence electrons. The van der Waals surface area contributed by atoms with Crippen molar-refractivity contribution < 1.29 is 14.2 Å². The van der Waals surface area contributed by atoms with Gasteiger partial charge >= 0.3 is 0 Å². The Balaban J connectivity index is 0.000000200. The maximum absolute atomic E-state index is 5.53. The predicted octanol–water partition coefficient (Wildman–Crippen LogP) is 4.19. The molecule has 1 saturated carbocycles. The monoisotopic (exact) mass is 286 g/mol. The molecule has 2 aliphatic rings. The number of ether oxygens (including phenoxy) is 3. The highest BCUT2D eigenvalue weighted by Gasteiger charge is 2.15. The molecule has 0 aromatic carbocycles. The Kier molecular flexibility index (Phi) is 9.49. The van der Waals surface area contributed by atoms with Crippen molar-refractivity contribution in [3.63, 3.8) is 0 Å². The second-order valence-electron chi connectivity index (χ2n) is 6.55. The average Bonchev–Trinajstić information content (AvgIpc) is 3.08. The summed E-state index contributed by atoms with van der Waals surface area (Å²) in [5.41, 5.74) is 0. The molecular formula is C17H34O3. The summed E-state index contributed by atoms with van der Waals surface area (Å²) in [7, 11) is 0. The summed E-state index contributed by atoms with van der Waals surface area (Å²) < 4.78 is 16.3. The van der Waals surface area contributed by atoms with Crippen LogP contribution in [0.5, 0.6) is 0 Å². The summed E-state index contributed by atoms with van der Waals surface area (Å²) in [6, 6.07) is 0. The van der Waals surface area contributed by atoms with Gasteiger partial charge in [-0.2, -0.15) is 0 Å². The molecular weight excluding hydrogens is 252 g/mol. The van der Waals surface area contributed by atoms with Crippen molar-refractivity contribution in [1.82, 2.24) is 0 Å². The largest absolute Gasteiger partial charge is 0.379 e. The van der Waals surface area contributed by atoms with E-state index in [2.05, 4.69) is 27.7 Å². The van der Waals surface area contributed by atoms with E-state index in [0.29, 0.717) is 18.3 Å². The molecule has 2 rings (SSSR count). The van der Waals surface area contributed by atoms with Crippen molar-refractivity contribution in [2.24, 2.45) is 5.92 Å². The fraction of sp³-hybridized carbons (Fsp3) is 1.00. The lowest BCUT2D eigenvalue weighted by atomic mass is 10.1. The summed E-state index contributed by atoms with van der Waals surface area (Å²) in [6.45, 7) is 11.0. The summed E-state index contributed by atoms with van der Waals surface area (Å²) in [5.74, 6) is 0.877. The van der Waals surface area contributed by atoms with Crippen molar-refractivity contribution in [2.75, 3.05) is 19.8 Å². The SMILES string of the molecule is CC(C)OCC1CCCC1.CC(C)OCC1CCCO1. The van der Waals surface area contributed by atoms with Gasteiger partial charge in [0.25, 0.3) is 0 Å². The van der Waals surface area contributed by atoms with Gasteiger partial charge in [-0.15, -0.1) is 0 Å². The molecule has 1 atom stereocenters. The zero-order chi connectivity index (χ0) is 14.8. The average molecular weight is 286 g/mol. The Morgan fingerprint density at radius 1 is 0.850 bits per heavy atom. The zero-order valence-electron chi connectivity index (χ0n) is 13.9. The molecule has 2 fully saturated rings. The van der Waals surface area contributed by atoms with Gasteiger partial charge in [0.2, 0.25) is 0 Å². The quantitative estimate of drug-likeness (QED) is 0.732. The maximum atomic E-state index is 5.53. The van der Waals surface area contributed by atoms with Crippen LogP contribution in [0, 0.1) is 5.92 Å². The van der Waals surface area contributed by atoms with Gasteiger partial charge in [0.15, 0.2) is 0 Å². The summed E-state index contributed by atoms with van der Waals surface area (Å²) >= 11 is 0. The van der Waals surface area contributed by atoms with Gasteiger partial charge < -0.3 is 14.2 Å². The van der Waals surface area contributed by atoms with E-state index >= 15 is 0 Å². The van der Waals surface area contributed by atoms with Crippen LogP contribution >= 0.6 is 0 Å². The smallest absolute Gasteiger partial charge is 0.0809 e. The van der Waals surface area contributed by atoms with Crippen molar-refractivity contribution in [2.45, 2.75) is 84.5 Å². The van der Waals surface area contributed by atoms with Gasteiger partial charge in [-0.1, -0.05) is 12.8 Å². The first-order valence-electron chi connectivity index (χ1n) is 8.42. The molecule has 0 radical (unpaired) electrons. The highest BCUT2D eigenvalue weighted by molar-refractivity contribution is 4.66. The molecule has 0 N–H and O–H groups in total. The Hall–Kier alpha value is -0.120. The van der Waals surface area contributed by atoms with Gasteiger partial charge in [-0.25, -0.2) is 0 Å². The molecule has 1 heterocycles. The molecule has 0 amide bonds. The van der Waals surface area contributed by atoms with E-state index < -0.39 is 0 Å². The predicted molar refractivity (Wildman–Crippen MR) is 83.1 cm³/mol. The number of hydrogen-bond donors (Lipinski definition) is 0. The minimum Gasteiger partial charge on any atom is -0.379 e. The number of hydrogen-bond acceptors (Lipinski definition) is 3. The van der Waals surface area contributed by atoms with Crippen LogP contribution in [0.2, 0.25) is 0 Å². The maximum Gasteiger partial charge on any atom is 0.0809 e. The summed E-state index contributed by atoms with van der Waals surface area (Å²) in [5, 5.41) is 0. The van der Waals surface area contributed by atoms with E-state index in [1.165, 1.54) is 38.5 Å². The van der Waals surface area contributed by atoms with Crippen LogP contribution in [0.4, 0.5) is 0 Å². The topological polar surface area (TPSA) is 27.7 Å². The summed E-state index contributed by atoms with van der Waals surface area (Å²) in [4.78, 5) is 0. The fourth-order valence-corrected chi connectivity index (χ4v) is 2.58. The number of rotatable bonds is 6. The van der Waals surface area contributed by atoms with Crippen molar-refractivity contribution in [3.05, 3.63) is 0 Å². The Morgan fingerprint density at radius 2 is 1.45 bits per heavy atom. The van der Waals surface area contributed by atoms with Crippen LogP contribution in [0.15, 0.2) is 0 Å². The third kappa shape index (κ3) is 8.93. The van der Waals surface area contributed by atoms with Crippen LogP contribution in [0.3, 0.4) is 0 Å². The van der Waals surface area contributed by atoms with Crippen LogP contribution in [-0.4, -0.2) is 38.1 Å². The van der Waals surface area contributed by atoms with Gasteiger partial charge in [0.05, 0.1) is 24.9 Å². The first-order chi connectivity index (χ1) is 9.58. The lowest BCUT2D eigenvalue weighted by Crippen LogP contribution is -2.17. The van der Waals surface area contributed by atoms with Gasteiger partial charge in [0.1, 0.15) is 0 Å². The lowest BCUT2D eigenvalue weighted by Gasteiger charge is -2.11. The molecule has 3 heteroatoms. The normalized spacial score (nSPS) is 23.4. The van der Waals surface area contributed by atoms with E-state index in [9.17, 15) is 0 Å². The molecule has 1 aliphatic carbocycles. The standard InChI is InChI=1S/C9H18O.C8H16O2/c1-8(2)10-7-9-5-3-4-6-9;1-7(2)10-6-8-4-3-5-9-8/h8-9H,3-7H2,1-2H3;7-8H,3-6H2,1-2H3. The van der Waals surface area contributed by atoms with E-state index in [0.717, 1.165) is 25.7 Å². The molecule has 1 unspecified atom stereocenters. The molecule has 0 bridgehead atoms. The third-order valence-corrected chi connectivity index (χ3v) is 3.78. The third-order valence-electron chi connectivity index (χ3n) is 3.78. The molecule has 0 aromatic rings. The fourth-order valence-electron chi connectivity index (χ4n) is 2.58. The Labute approximate surface area is 125 Å². The van der Waals surface area contributed by atoms with E-state index in [-0.39, 0.29) is 0 Å². The van der Waals surface area contributed by atoms with E-state index in [4.69, 9.17) is 14.2 Å². The minimum atomic E-state index is 0.337. The second-order valence-corrected chi connectivity index (χ2v) is 6.55. The first-order valence-corrected chi connectivity index (χ1v) is 8.42. The second kappa shape index (κ2) is 10.6. The molecule has 3 nitrogen and oxygen atoms in total. The Morgan fingerprint density at radius 3 is 1.95 bits per heavy atom. The van der Waals surface area contributed by atoms with Crippen molar-refractivity contribution >= 4 is 0 Å². The van der Waals surface area contributed by atoms with Gasteiger partial charge in [-0.05, 0) is 59.3 Å². The van der Waals surface area contributed by atoms with Gasteiger partial charge in [0, 0.05) is 13.2 Å². The Bertz CT molecular complexity index is 192. The zero-order valence-corrected chi connectivity index (χ0v) is 13.9. The molecule has 0 spiro atoms. The van der Waals surface area contributed by atoms with Crippen LogP contribution in [0.1, 0.15) is 66.2 Å². The molecule has 0 aromatic heterocycles. The lowest BCUT2D eigenvalue weighted by molar-refractivity contribution is -0.00761. The van der Waals surface area contributed by atoms with Crippen LogP contribution < -0.4 is 0 Å². The van der Waals surface area contributed by atoms with E-state index in [1.54, 1.807) is 0 Å². The van der Waals surface area contributed by atoms with Crippen LogP contribution in [-0.2, 0) is 14.2 Å². The molecule has 20 heavy (non-hydrogen) atoms.